The minimum atomic E-state index is 0.515. The van der Waals surface area contributed by atoms with Crippen molar-refractivity contribution in [1.82, 2.24) is 15.0 Å². The lowest BCUT2D eigenvalue weighted by molar-refractivity contribution is 1.30. The molecule has 0 radical (unpaired) electrons. The van der Waals surface area contributed by atoms with E-state index in [0.717, 1.165) is 50.1 Å². The number of nitrogens with zero attached hydrogens (tertiary/aromatic N) is 6. The van der Waals surface area contributed by atoms with Crippen molar-refractivity contribution in [3.8, 4) is 79.3 Å². The molecular formula is C42H24N6. The first kappa shape index (κ1) is 29.5. The largest absolute Gasteiger partial charge is 0.268 e. The van der Waals surface area contributed by atoms with E-state index in [1.54, 1.807) is 55.0 Å². The third kappa shape index (κ3) is 5.80. The van der Waals surface area contributed by atoms with E-state index in [0.29, 0.717) is 33.9 Å². The number of aromatic nitrogens is 3. The van der Waals surface area contributed by atoms with Crippen LogP contribution < -0.4 is 0 Å². The van der Waals surface area contributed by atoms with Crippen LogP contribution in [0.2, 0.25) is 0 Å². The number of pyridine rings is 3. The summed E-state index contributed by atoms with van der Waals surface area (Å²) in [6.45, 7) is 7.54. The molecule has 0 spiro atoms. The second-order valence-corrected chi connectivity index (χ2v) is 11.0. The highest BCUT2D eigenvalue weighted by atomic mass is 14.8. The van der Waals surface area contributed by atoms with Gasteiger partial charge in [-0.2, -0.15) is 10.5 Å². The topological polar surface area (TPSA) is 90.6 Å². The number of rotatable bonds is 6. The van der Waals surface area contributed by atoms with Gasteiger partial charge in [-0.1, -0.05) is 84.9 Å². The second kappa shape index (κ2) is 13.0. The number of hydrogen-bond donors (Lipinski definition) is 0. The predicted octanol–water partition coefficient (Wildman–Crippen LogP) is 10.2. The summed E-state index contributed by atoms with van der Waals surface area (Å²) in [4.78, 5) is 17.0. The summed E-state index contributed by atoms with van der Waals surface area (Å²) >= 11 is 0. The van der Waals surface area contributed by atoms with Crippen LogP contribution in [-0.4, -0.2) is 15.0 Å². The van der Waals surface area contributed by atoms with Crippen LogP contribution in [0.15, 0.2) is 146 Å². The van der Waals surface area contributed by atoms with Crippen LogP contribution in [0.5, 0.6) is 0 Å². The molecule has 6 nitrogen and oxygen atoms in total. The first-order valence-corrected chi connectivity index (χ1v) is 15.2. The first-order chi connectivity index (χ1) is 23.6. The molecule has 0 atom stereocenters. The quantitative estimate of drug-likeness (QED) is 0.174. The smallest absolute Gasteiger partial charge is 0.212 e. The van der Waals surface area contributed by atoms with Gasteiger partial charge < -0.3 is 0 Å². The maximum Gasteiger partial charge on any atom is 0.212 e. The minimum absolute atomic E-state index is 0.515. The van der Waals surface area contributed by atoms with Gasteiger partial charge in [-0.05, 0) is 81.4 Å². The van der Waals surface area contributed by atoms with Gasteiger partial charge in [0, 0.05) is 29.7 Å². The van der Waals surface area contributed by atoms with E-state index >= 15 is 0 Å². The Labute approximate surface area is 278 Å². The van der Waals surface area contributed by atoms with Gasteiger partial charge >= 0.3 is 0 Å². The molecular weight excluding hydrogens is 589 g/mol. The summed E-state index contributed by atoms with van der Waals surface area (Å²) in [7, 11) is 0. The SMILES string of the molecule is [C-]#[N+]c1cccnc1-c1ccc(-c2cc(-c3ccc(-c4ncccc4C#N)cc3)cc(-c3ccc(-c4ncccc4C#N)cc3)c2)cc1. The monoisotopic (exact) mass is 612 g/mol. The lowest BCUT2D eigenvalue weighted by atomic mass is 9.92. The zero-order valence-corrected chi connectivity index (χ0v) is 25.5. The average molecular weight is 613 g/mol. The van der Waals surface area contributed by atoms with Crippen LogP contribution in [0.3, 0.4) is 0 Å². The van der Waals surface area contributed by atoms with Crippen molar-refractivity contribution in [3.63, 3.8) is 0 Å². The third-order valence-electron chi connectivity index (χ3n) is 8.17. The summed E-state index contributed by atoms with van der Waals surface area (Å²) in [6, 6.07) is 45.9. The Morgan fingerprint density at radius 3 is 1.12 bits per heavy atom. The maximum atomic E-state index is 9.58. The van der Waals surface area contributed by atoms with Crippen LogP contribution in [0.1, 0.15) is 11.1 Å². The standard InChI is InChI=1S/C42H24N6/c1-45-39-7-4-22-48-42(39)33-18-12-30(13-19-33)38-24-36(28-8-14-31(15-9-28)40-34(26-43)5-2-20-46-40)23-37(25-38)29-10-16-32(17-11-29)41-35(27-44)6-3-21-47-41/h2-25H. The van der Waals surface area contributed by atoms with E-state index in [4.69, 9.17) is 6.57 Å². The Balaban J connectivity index is 1.30. The number of nitriles is 2. The molecule has 0 fully saturated rings. The van der Waals surface area contributed by atoms with Gasteiger partial charge in [0.15, 0.2) is 0 Å². The molecule has 0 aliphatic carbocycles. The molecule has 0 aliphatic rings. The summed E-state index contributed by atoms with van der Waals surface area (Å²) in [5.74, 6) is 0. The Morgan fingerprint density at radius 1 is 0.417 bits per heavy atom. The zero-order chi connectivity index (χ0) is 32.9. The van der Waals surface area contributed by atoms with Gasteiger partial charge in [0.2, 0.25) is 5.69 Å². The second-order valence-electron chi connectivity index (χ2n) is 11.0. The summed E-state index contributed by atoms with van der Waals surface area (Å²) in [5, 5.41) is 19.2. The van der Waals surface area contributed by atoms with Crippen molar-refractivity contribution < 1.29 is 0 Å². The van der Waals surface area contributed by atoms with Crippen LogP contribution in [0, 0.1) is 29.2 Å². The highest BCUT2D eigenvalue weighted by molar-refractivity contribution is 5.84. The third-order valence-corrected chi connectivity index (χ3v) is 8.17. The van der Waals surface area contributed by atoms with E-state index < -0.39 is 0 Å². The van der Waals surface area contributed by atoms with Gasteiger partial charge in [-0.3, -0.25) is 15.0 Å². The van der Waals surface area contributed by atoms with Crippen LogP contribution in [-0.2, 0) is 0 Å². The van der Waals surface area contributed by atoms with Crippen molar-refractivity contribution in [1.29, 1.82) is 10.5 Å². The Hall–Kier alpha value is -7.20. The highest BCUT2D eigenvalue weighted by Gasteiger charge is 2.12. The van der Waals surface area contributed by atoms with Crippen LogP contribution in [0.4, 0.5) is 5.69 Å². The van der Waals surface area contributed by atoms with E-state index in [2.05, 4.69) is 86.5 Å². The summed E-state index contributed by atoms with van der Waals surface area (Å²) in [5.41, 5.74) is 12.3. The lowest BCUT2D eigenvalue weighted by Crippen LogP contribution is -1.90. The van der Waals surface area contributed by atoms with Gasteiger partial charge in [-0.15, -0.1) is 0 Å². The minimum Gasteiger partial charge on any atom is -0.268 e. The zero-order valence-electron chi connectivity index (χ0n) is 25.5. The fraction of sp³-hybridized carbons (Fsp3) is 0. The molecule has 7 rings (SSSR count). The number of benzene rings is 4. The fourth-order valence-electron chi connectivity index (χ4n) is 5.75. The molecule has 0 saturated heterocycles. The van der Waals surface area contributed by atoms with Crippen molar-refractivity contribution in [2.45, 2.75) is 0 Å². The molecule has 6 heteroatoms. The molecule has 0 bridgehead atoms. The van der Waals surface area contributed by atoms with E-state index in [1.165, 1.54) is 0 Å². The van der Waals surface area contributed by atoms with Crippen LogP contribution in [0.25, 0.3) is 72.0 Å². The molecule has 4 aromatic carbocycles. The highest BCUT2D eigenvalue weighted by Crippen LogP contribution is 2.36. The van der Waals surface area contributed by atoms with E-state index in [-0.39, 0.29) is 0 Å². The Morgan fingerprint density at radius 2 is 0.750 bits per heavy atom. The molecule has 7 aromatic rings. The van der Waals surface area contributed by atoms with Crippen molar-refractivity contribution in [2.24, 2.45) is 0 Å². The maximum absolute atomic E-state index is 9.58. The summed E-state index contributed by atoms with van der Waals surface area (Å²) in [6.07, 6.45) is 5.09. The molecule has 0 aliphatic heterocycles. The van der Waals surface area contributed by atoms with Crippen molar-refractivity contribution in [2.75, 3.05) is 0 Å². The molecule has 0 saturated carbocycles. The molecule has 0 unspecified atom stereocenters. The van der Waals surface area contributed by atoms with Crippen molar-refractivity contribution in [3.05, 3.63) is 169 Å². The van der Waals surface area contributed by atoms with Gasteiger partial charge in [-0.25, -0.2) is 4.85 Å². The Kier molecular flexibility index (Phi) is 8.01. The van der Waals surface area contributed by atoms with Gasteiger partial charge in [0.1, 0.15) is 12.1 Å². The predicted molar refractivity (Wildman–Crippen MR) is 188 cm³/mol. The molecule has 222 valence electrons. The average Bonchev–Trinajstić information content (AvgIpc) is 3.18. The Bertz CT molecular complexity index is 2120. The van der Waals surface area contributed by atoms with Gasteiger partial charge in [0.05, 0.1) is 34.8 Å². The molecule has 0 amide bonds. The first-order valence-electron chi connectivity index (χ1n) is 15.2. The van der Waals surface area contributed by atoms with E-state index in [1.807, 2.05) is 36.4 Å². The van der Waals surface area contributed by atoms with Gasteiger partial charge in [0.25, 0.3) is 0 Å². The molecule has 3 aromatic heterocycles. The number of hydrogen-bond acceptors (Lipinski definition) is 5. The van der Waals surface area contributed by atoms with Crippen LogP contribution >= 0.6 is 0 Å². The summed E-state index contributed by atoms with van der Waals surface area (Å²) < 4.78 is 0. The fourth-order valence-corrected chi connectivity index (χ4v) is 5.75. The molecule has 48 heavy (non-hydrogen) atoms. The lowest BCUT2D eigenvalue weighted by Gasteiger charge is -2.13. The van der Waals surface area contributed by atoms with E-state index in [9.17, 15) is 10.5 Å². The normalized spacial score (nSPS) is 10.4. The molecule has 3 heterocycles. The molecule has 0 N–H and O–H groups in total. The van der Waals surface area contributed by atoms with Crippen molar-refractivity contribution >= 4 is 5.69 Å².